The van der Waals surface area contributed by atoms with E-state index in [9.17, 15) is 0 Å². The Bertz CT molecular complexity index is 1220. The molecule has 1 atom stereocenters. The minimum Gasteiger partial charge on any atom is -0.496 e. The van der Waals surface area contributed by atoms with E-state index in [0.29, 0.717) is 19.0 Å². The predicted molar refractivity (Wildman–Crippen MR) is 138 cm³/mol. The van der Waals surface area contributed by atoms with Gasteiger partial charge in [0.1, 0.15) is 23.7 Å². The third-order valence-electron chi connectivity index (χ3n) is 7.14. The minimum absolute atomic E-state index is 0.356. The van der Waals surface area contributed by atoms with E-state index in [4.69, 9.17) is 28.2 Å². The van der Waals surface area contributed by atoms with Gasteiger partial charge in [0.05, 0.1) is 33.6 Å². The molecule has 0 fully saturated rings. The smallest absolute Gasteiger partial charge is 0.162 e. The fourth-order valence-corrected chi connectivity index (χ4v) is 4.91. The average Bonchev–Trinajstić information content (AvgIpc) is 3.33. The molecule has 1 unspecified atom stereocenters. The van der Waals surface area contributed by atoms with Crippen molar-refractivity contribution in [2.45, 2.75) is 65.6 Å². The maximum absolute atomic E-state index is 6.53. The van der Waals surface area contributed by atoms with Gasteiger partial charge in [-0.1, -0.05) is 11.2 Å². The lowest BCUT2D eigenvalue weighted by Crippen LogP contribution is -2.41. The summed E-state index contributed by atoms with van der Waals surface area (Å²) in [6, 6.07) is 7.91. The monoisotopic (exact) mass is 495 g/mol. The van der Waals surface area contributed by atoms with E-state index in [2.05, 4.69) is 32.9 Å². The summed E-state index contributed by atoms with van der Waals surface area (Å²) < 4.78 is 34.4. The molecule has 1 aromatic heterocycles. The second-order valence-electron chi connectivity index (χ2n) is 9.73. The Kier molecular flexibility index (Phi) is 7.79. The highest BCUT2D eigenvalue weighted by Gasteiger charge is 2.35. The fourth-order valence-electron chi connectivity index (χ4n) is 4.91. The molecule has 0 aliphatic carbocycles. The van der Waals surface area contributed by atoms with Crippen LogP contribution in [0.5, 0.6) is 23.0 Å². The summed E-state index contributed by atoms with van der Waals surface area (Å²) in [5.41, 5.74) is 6.31. The Balaban J connectivity index is 1.32. The summed E-state index contributed by atoms with van der Waals surface area (Å²) in [6.07, 6.45) is 3.39. The molecule has 2 aromatic carbocycles. The molecule has 0 bridgehead atoms. The van der Waals surface area contributed by atoms with Gasteiger partial charge in [-0.25, -0.2) is 0 Å². The summed E-state index contributed by atoms with van der Waals surface area (Å²) in [7, 11) is 5.01. The van der Waals surface area contributed by atoms with Gasteiger partial charge in [-0.05, 0) is 87.8 Å². The topological polar surface area (TPSA) is 72.2 Å². The summed E-state index contributed by atoms with van der Waals surface area (Å²) in [4.78, 5) is 0. The van der Waals surface area contributed by atoms with Crippen molar-refractivity contribution >= 4 is 0 Å². The lowest BCUT2D eigenvalue weighted by atomic mass is 9.87. The molecule has 0 amide bonds. The Morgan fingerprint density at radius 3 is 2.42 bits per heavy atom. The number of aryl methyl sites for hydroxylation is 2. The number of benzene rings is 2. The number of methoxy groups -OCH3 is 3. The van der Waals surface area contributed by atoms with Gasteiger partial charge in [-0.3, -0.25) is 0 Å². The molecule has 0 saturated carbocycles. The zero-order valence-corrected chi connectivity index (χ0v) is 22.4. The SMILES string of the molecule is COc1ccc(CCc2cc(COCC3(C)CCc4c(C)c(OC)c(C)c(C)c4O3)on2)cc1OC. The second-order valence-corrected chi connectivity index (χ2v) is 9.73. The summed E-state index contributed by atoms with van der Waals surface area (Å²) in [5.74, 6) is 4.10. The maximum Gasteiger partial charge on any atom is 0.162 e. The normalized spacial score (nSPS) is 16.9. The highest BCUT2D eigenvalue weighted by atomic mass is 16.6. The molecule has 7 heteroatoms. The molecule has 0 radical (unpaired) electrons. The van der Waals surface area contributed by atoms with Gasteiger partial charge in [0.15, 0.2) is 17.3 Å². The molecule has 7 nitrogen and oxygen atoms in total. The van der Waals surface area contributed by atoms with Crippen LogP contribution in [0.4, 0.5) is 0 Å². The van der Waals surface area contributed by atoms with Crippen LogP contribution in [0.15, 0.2) is 28.8 Å². The van der Waals surface area contributed by atoms with Crippen molar-refractivity contribution in [2.24, 2.45) is 0 Å². The van der Waals surface area contributed by atoms with Crippen LogP contribution in [0.3, 0.4) is 0 Å². The van der Waals surface area contributed by atoms with Crippen LogP contribution in [0.1, 0.15) is 52.6 Å². The first-order chi connectivity index (χ1) is 17.3. The molecule has 4 rings (SSSR count). The van der Waals surface area contributed by atoms with Gasteiger partial charge in [-0.2, -0.15) is 0 Å². The Labute approximate surface area is 213 Å². The molecule has 1 aliphatic heterocycles. The van der Waals surface area contributed by atoms with Crippen molar-refractivity contribution in [3.05, 3.63) is 63.5 Å². The molecule has 2 heterocycles. The minimum atomic E-state index is -0.401. The van der Waals surface area contributed by atoms with Crippen LogP contribution in [-0.4, -0.2) is 38.7 Å². The Morgan fingerprint density at radius 2 is 1.69 bits per heavy atom. The number of hydrogen-bond donors (Lipinski definition) is 0. The van der Waals surface area contributed by atoms with Gasteiger partial charge < -0.3 is 28.2 Å². The van der Waals surface area contributed by atoms with E-state index >= 15 is 0 Å². The fraction of sp³-hybridized carbons (Fsp3) is 0.483. The third kappa shape index (κ3) is 5.31. The Hall–Kier alpha value is -3.19. The van der Waals surface area contributed by atoms with E-state index in [1.54, 1.807) is 21.3 Å². The predicted octanol–water partition coefficient (Wildman–Crippen LogP) is 5.71. The molecule has 0 spiro atoms. The summed E-state index contributed by atoms with van der Waals surface area (Å²) in [6.45, 7) is 9.23. The largest absolute Gasteiger partial charge is 0.496 e. The van der Waals surface area contributed by atoms with E-state index in [1.165, 1.54) is 11.1 Å². The number of aromatic nitrogens is 1. The van der Waals surface area contributed by atoms with Crippen molar-refractivity contribution in [1.29, 1.82) is 0 Å². The first-order valence-corrected chi connectivity index (χ1v) is 12.4. The Morgan fingerprint density at radius 1 is 0.917 bits per heavy atom. The standard InChI is InChI=1S/C29H37NO6/c1-18-19(2)28-24(20(3)27(18)33-7)12-13-29(4,35-28)17-34-16-23-15-22(30-36-23)10-8-21-9-11-25(31-5)26(14-21)32-6/h9,11,14-15H,8,10,12-13,16-17H2,1-7H3. The van der Waals surface area contributed by atoms with E-state index in [-0.39, 0.29) is 0 Å². The molecule has 36 heavy (non-hydrogen) atoms. The van der Waals surface area contributed by atoms with E-state index in [0.717, 1.165) is 71.1 Å². The van der Waals surface area contributed by atoms with E-state index < -0.39 is 5.60 Å². The zero-order valence-electron chi connectivity index (χ0n) is 22.4. The average molecular weight is 496 g/mol. The quantitative estimate of drug-likeness (QED) is 0.357. The molecule has 0 saturated heterocycles. The van der Waals surface area contributed by atoms with Crippen LogP contribution in [0.2, 0.25) is 0 Å². The van der Waals surface area contributed by atoms with Gasteiger partial charge in [0.2, 0.25) is 0 Å². The van der Waals surface area contributed by atoms with Gasteiger partial charge in [-0.15, -0.1) is 0 Å². The summed E-state index contributed by atoms with van der Waals surface area (Å²) in [5, 5.41) is 4.21. The van der Waals surface area contributed by atoms with Crippen molar-refractivity contribution in [2.75, 3.05) is 27.9 Å². The van der Waals surface area contributed by atoms with E-state index in [1.807, 2.05) is 24.3 Å². The van der Waals surface area contributed by atoms with Gasteiger partial charge >= 0.3 is 0 Å². The van der Waals surface area contributed by atoms with Crippen LogP contribution in [0, 0.1) is 20.8 Å². The second kappa shape index (κ2) is 10.8. The van der Waals surface area contributed by atoms with Gasteiger partial charge in [0, 0.05) is 11.6 Å². The molecule has 194 valence electrons. The molecule has 3 aromatic rings. The number of rotatable bonds is 10. The lowest BCUT2D eigenvalue weighted by molar-refractivity contribution is -0.0384. The van der Waals surface area contributed by atoms with Crippen LogP contribution in [0.25, 0.3) is 0 Å². The van der Waals surface area contributed by atoms with Crippen LogP contribution < -0.4 is 18.9 Å². The summed E-state index contributed by atoms with van der Waals surface area (Å²) >= 11 is 0. The third-order valence-corrected chi connectivity index (χ3v) is 7.14. The van der Waals surface area contributed by atoms with Crippen molar-refractivity contribution < 1.29 is 28.2 Å². The number of hydrogen-bond acceptors (Lipinski definition) is 7. The van der Waals surface area contributed by atoms with Crippen LogP contribution >= 0.6 is 0 Å². The first kappa shape index (κ1) is 25.9. The van der Waals surface area contributed by atoms with Crippen molar-refractivity contribution in [1.82, 2.24) is 5.16 Å². The van der Waals surface area contributed by atoms with Gasteiger partial charge in [0.25, 0.3) is 0 Å². The highest BCUT2D eigenvalue weighted by Crippen LogP contribution is 2.43. The number of fused-ring (bicyclic) bond motifs is 1. The maximum atomic E-state index is 6.53. The van der Waals surface area contributed by atoms with Crippen LogP contribution in [-0.2, 0) is 30.6 Å². The van der Waals surface area contributed by atoms with Crippen molar-refractivity contribution in [3.8, 4) is 23.0 Å². The molecule has 1 aliphatic rings. The molecular weight excluding hydrogens is 458 g/mol. The number of nitrogens with zero attached hydrogens (tertiary/aromatic N) is 1. The molecular formula is C29H37NO6. The zero-order chi connectivity index (χ0) is 25.9. The highest BCUT2D eigenvalue weighted by molar-refractivity contribution is 5.59. The van der Waals surface area contributed by atoms with Crippen molar-refractivity contribution in [3.63, 3.8) is 0 Å². The lowest BCUT2D eigenvalue weighted by Gasteiger charge is -2.37. The molecule has 0 N–H and O–H groups in total. The number of ether oxygens (including phenoxy) is 5. The first-order valence-electron chi connectivity index (χ1n) is 12.4.